The van der Waals surface area contributed by atoms with Crippen LogP contribution in [0.25, 0.3) is 0 Å². The fraction of sp³-hybridized carbons (Fsp3) is 0.348. The lowest BCUT2D eigenvalue weighted by atomic mass is 9.87. The van der Waals surface area contributed by atoms with E-state index in [1.807, 2.05) is 32.9 Å². The van der Waals surface area contributed by atoms with Gasteiger partial charge < -0.3 is 10.6 Å². The van der Waals surface area contributed by atoms with E-state index in [1.165, 1.54) is 0 Å². The Bertz CT molecular complexity index is 907. The van der Waals surface area contributed by atoms with E-state index in [-0.39, 0.29) is 27.9 Å². The van der Waals surface area contributed by atoms with Crippen LogP contribution in [0.2, 0.25) is 0 Å². The first-order valence-corrected chi connectivity index (χ1v) is 9.92. The first-order valence-electron chi connectivity index (χ1n) is 9.51. The van der Waals surface area contributed by atoms with E-state index in [2.05, 4.69) is 36.7 Å². The molecule has 0 saturated carbocycles. The maximum absolute atomic E-state index is 12.5. The molecule has 0 aliphatic rings. The molecular weight excluding hydrogens is 382 g/mol. The molecule has 0 heterocycles. The number of amides is 2. The predicted octanol–water partition coefficient (Wildman–Crippen LogP) is 4.64. The Hall–Kier alpha value is -2.73. The summed E-state index contributed by atoms with van der Waals surface area (Å²) < 4.78 is 0. The van der Waals surface area contributed by atoms with Crippen LogP contribution in [0, 0.1) is 0 Å². The highest BCUT2D eigenvalue weighted by molar-refractivity contribution is 7.80. The van der Waals surface area contributed by atoms with Crippen LogP contribution in [0.1, 0.15) is 67.8 Å². The number of nitrogens with one attached hydrogen (secondary N) is 3. The van der Waals surface area contributed by atoms with Gasteiger partial charge >= 0.3 is 0 Å². The van der Waals surface area contributed by atoms with Gasteiger partial charge in [0.25, 0.3) is 11.8 Å². The molecule has 0 bridgehead atoms. The highest BCUT2D eigenvalue weighted by Gasteiger charge is 2.19. The van der Waals surface area contributed by atoms with E-state index < -0.39 is 0 Å². The van der Waals surface area contributed by atoms with Gasteiger partial charge in [0.15, 0.2) is 5.11 Å². The topological polar surface area (TPSA) is 70.2 Å². The molecule has 2 aromatic carbocycles. The van der Waals surface area contributed by atoms with Crippen molar-refractivity contribution in [1.82, 2.24) is 10.6 Å². The minimum atomic E-state index is -0.363. The van der Waals surface area contributed by atoms with Crippen LogP contribution in [0.4, 0.5) is 5.69 Å². The Morgan fingerprint density at radius 3 is 1.97 bits per heavy atom. The van der Waals surface area contributed by atoms with Gasteiger partial charge in [0.1, 0.15) is 0 Å². The molecule has 5 nitrogen and oxygen atoms in total. The maximum atomic E-state index is 12.5. The van der Waals surface area contributed by atoms with Gasteiger partial charge in [-0.1, -0.05) is 45.0 Å². The lowest BCUT2D eigenvalue weighted by Crippen LogP contribution is -2.41. The Morgan fingerprint density at radius 1 is 0.828 bits per heavy atom. The second kappa shape index (κ2) is 8.74. The largest absolute Gasteiger partial charge is 0.347 e. The number of benzene rings is 2. The zero-order valence-electron chi connectivity index (χ0n) is 17.8. The first-order chi connectivity index (χ1) is 13.4. The van der Waals surface area contributed by atoms with Crippen LogP contribution in [0.5, 0.6) is 0 Å². The normalized spacial score (nSPS) is 11.5. The molecule has 0 aliphatic carbocycles. The summed E-state index contributed by atoms with van der Waals surface area (Å²) in [5.41, 5.74) is 2.30. The molecular formula is C23H29N3O2S. The molecule has 0 spiro atoms. The number of rotatable bonds is 3. The highest BCUT2D eigenvalue weighted by atomic mass is 32.1. The summed E-state index contributed by atoms with van der Waals surface area (Å²) in [6.45, 7) is 12.1. The van der Waals surface area contributed by atoms with E-state index in [0.29, 0.717) is 16.8 Å². The van der Waals surface area contributed by atoms with E-state index in [9.17, 15) is 9.59 Å². The second-order valence-electron chi connectivity index (χ2n) is 8.99. The summed E-state index contributed by atoms with van der Waals surface area (Å²) in [6, 6.07) is 14.5. The highest BCUT2D eigenvalue weighted by Crippen LogP contribution is 2.22. The van der Waals surface area contributed by atoms with Gasteiger partial charge in [-0.15, -0.1) is 0 Å². The van der Waals surface area contributed by atoms with Crippen LogP contribution in [0.3, 0.4) is 0 Å². The fourth-order valence-corrected chi connectivity index (χ4v) is 2.85. The number of thiocarbonyl (C=S) groups is 1. The Morgan fingerprint density at radius 2 is 1.41 bits per heavy atom. The summed E-state index contributed by atoms with van der Waals surface area (Å²) in [6.07, 6.45) is 0. The van der Waals surface area contributed by atoms with Gasteiger partial charge in [-0.2, -0.15) is 0 Å². The van der Waals surface area contributed by atoms with Gasteiger partial charge in [0.05, 0.1) is 11.3 Å². The molecule has 0 saturated heterocycles. The second-order valence-corrected chi connectivity index (χ2v) is 9.39. The number of carbonyl (C=O) groups excluding carboxylic acids is 2. The van der Waals surface area contributed by atoms with Gasteiger partial charge in [0.2, 0.25) is 0 Å². The molecule has 6 heteroatoms. The zero-order chi connectivity index (χ0) is 21.8. The summed E-state index contributed by atoms with van der Waals surface area (Å²) in [5.74, 6) is -0.521. The van der Waals surface area contributed by atoms with Crippen LogP contribution in [-0.2, 0) is 5.41 Å². The molecule has 0 atom stereocenters. The number of anilines is 1. The molecule has 2 rings (SSSR count). The smallest absolute Gasteiger partial charge is 0.257 e. The lowest BCUT2D eigenvalue weighted by Gasteiger charge is -2.22. The van der Waals surface area contributed by atoms with E-state index in [1.54, 1.807) is 36.4 Å². The van der Waals surface area contributed by atoms with Crippen molar-refractivity contribution in [2.75, 3.05) is 5.32 Å². The Kier molecular flexibility index (Phi) is 6.80. The molecule has 0 radical (unpaired) electrons. The quantitative estimate of drug-likeness (QED) is 0.644. The SMILES string of the molecule is CC(C)(C)NC(=O)c1ccccc1NC(=S)NC(=O)c1ccc(C(C)(C)C)cc1. The van der Waals surface area contributed by atoms with Gasteiger partial charge in [0, 0.05) is 11.1 Å². The van der Waals surface area contributed by atoms with Crippen molar-refractivity contribution < 1.29 is 9.59 Å². The molecule has 29 heavy (non-hydrogen) atoms. The number of hydrogen-bond acceptors (Lipinski definition) is 3. The van der Waals surface area contributed by atoms with Crippen LogP contribution < -0.4 is 16.0 Å². The van der Waals surface area contributed by atoms with Crippen molar-refractivity contribution in [2.45, 2.75) is 52.5 Å². The van der Waals surface area contributed by atoms with Crippen molar-refractivity contribution in [1.29, 1.82) is 0 Å². The van der Waals surface area contributed by atoms with E-state index >= 15 is 0 Å². The van der Waals surface area contributed by atoms with Gasteiger partial charge in [-0.3, -0.25) is 14.9 Å². The molecule has 0 aromatic heterocycles. The van der Waals surface area contributed by atoms with Gasteiger partial charge in [-0.05, 0) is 68.2 Å². The number of para-hydroxylation sites is 1. The van der Waals surface area contributed by atoms with Gasteiger partial charge in [-0.25, -0.2) is 0 Å². The van der Waals surface area contributed by atoms with Crippen molar-refractivity contribution in [2.24, 2.45) is 0 Å². The average Bonchev–Trinajstić information content (AvgIpc) is 2.60. The monoisotopic (exact) mass is 411 g/mol. The van der Waals surface area contributed by atoms with Crippen molar-refractivity contribution in [3.63, 3.8) is 0 Å². The Labute approximate surface area is 178 Å². The van der Waals surface area contributed by atoms with Crippen molar-refractivity contribution in [3.05, 3.63) is 65.2 Å². The van der Waals surface area contributed by atoms with Crippen LogP contribution in [0.15, 0.2) is 48.5 Å². The Balaban J connectivity index is 2.08. The summed E-state index contributed by atoms with van der Waals surface area (Å²) in [7, 11) is 0. The van der Waals surface area contributed by atoms with E-state index in [0.717, 1.165) is 5.56 Å². The predicted molar refractivity (Wildman–Crippen MR) is 122 cm³/mol. The first kappa shape index (κ1) is 22.6. The molecule has 0 aliphatic heterocycles. The third-order valence-electron chi connectivity index (χ3n) is 4.15. The molecule has 0 unspecified atom stereocenters. The molecule has 3 N–H and O–H groups in total. The standard InChI is InChI=1S/C23H29N3O2S/c1-22(2,3)16-13-11-15(12-14-16)19(27)25-21(29)24-18-10-8-7-9-17(18)20(28)26-23(4,5)6/h7-14H,1-6H3,(H,26,28)(H2,24,25,27,29). The van der Waals surface area contributed by atoms with Crippen LogP contribution >= 0.6 is 12.2 Å². The molecule has 2 amide bonds. The number of carbonyl (C=O) groups is 2. The third-order valence-corrected chi connectivity index (χ3v) is 4.35. The average molecular weight is 412 g/mol. The van der Waals surface area contributed by atoms with Crippen molar-refractivity contribution in [3.8, 4) is 0 Å². The van der Waals surface area contributed by atoms with E-state index in [4.69, 9.17) is 12.2 Å². The third kappa shape index (κ3) is 6.68. The molecule has 0 fully saturated rings. The maximum Gasteiger partial charge on any atom is 0.257 e. The van der Waals surface area contributed by atoms with Crippen LogP contribution in [-0.4, -0.2) is 22.5 Å². The summed E-state index contributed by atoms with van der Waals surface area (Å²) in [5, 5.41) is 8.67. The van der Waals surface area contributed by atoms with Crippen molar-refractivity contribution >= 4 is 34.8 Å². The fourth-order valence-electron chi connectivity index (χ4n) is 2.65. The number of hydrogen-bond donors (Lipinski definition) is 3. The zero-order valence-corrected chi connectivity index (χ0v) is 18.7. The lowest BCUT2D eigenvalue weighted by molar-refractivity contribution is 0.0919. The molecule has 2 aromatic rings. The summed E-state index contributed by atoms with van der Waals surface area (Å²) in [4.78, 5) is 25.0. The minimum absolute atomic E-state index is 0.0171. The molecule has 154 valence electrons. The minimum Gasteiger partial charge on any atom is -0.347 e. The summed E-state index contributed by atoms with van der Waals surface area (Å²) >= 11 is 5.28.